The molecule has 2 amide bonds. The molecule has 3 aromatic carbocycles. The third kappa shape index (κ3) is 4.54. The Kier molecular flexibility index (Phi) is 6.13. The van der Waals surface area contributed by atoms with Crippen LogP contribution in [0.25, 0.3) is 6.08 Å². The van der Waals surface area contributed by atoms with E-state index in [1.165, 1.54) is 0 Å². The number of thioether (sulfide) groups is 1. The molecule has 0 aliphatic carbocycles. The van der Waals surface area contributed by atoms with Crippen molar-refractivity contribution in [2.24, 2.45) is 0 Å². The van der Waals surface area contributed by atoms with Gasteiger partial charge in [0.25, 0.3) is 11.1 Å². The van der Waals surface area contributed by atoms with Gasteiger partial charge in [0.05, 0.1) is 10.6 Å². The van der Waals surface area contributed by atoms with Crippen LogP contribution in [0.1, 0.15) is 11.1 Å². The Labute approximate surface area is 188 Å². The molecule has 4 rings (SSSR count). The number of nitrogens with zero attached hydrogens (tertiary/aromatic N) is 1. The minimum atomic E-state index is -0.378. The molecule has 1 aliphatic rings. The highest BCUT2D eigenvalue weighted by molar-refractivity contribution is 8.19. The number of benzene rings is 3. The highest BCUT2D eigenvalue weighted by atomic mass is 35.5. The average molecular weight is 456 g/mol. The summed E-state index contributed by atoms with van der Waals surface area (Å²) in [6, 6.07) is 21.3. The van der Waals surface area contributed by atoms with Crippen molar-refractivity contribution < 1.29 is 14.3 Å². The number of para-hydroxylation sites is 1. The quantitative estimate of drug-likeness (QED) is 0.396. The maximum absolute atomic E-state index is 12.9. The summed E-state index contributed by atoms with van der Waals surface area (Å²) >= 11 is 13.1. The largest absolute Gasteiger partial charge is 0.488 e. The molecule has 0 spiro atoms. The van der Waals surface area contributed by atoms with E-state index in [0.717, 1.165) is 22.2 Å². The van der Waals surface area contributed by atoms with Crippen molar-refractivity contribution >= 4 is 57.9 Å². The summed E-state index contributed by atoms with van der Waals surface area (Å²) < 4.78 is 5.94. The number of anilines is 1. The van der Waals surface area contributed by atoms with Crippen LogP contribution in [-0.4, -0.2) is 11.1 Å². The second kappa shape index (κ2) is 8.96. The van der Waals surface area contributed by atoms with Crippen LogP contribution in [-0.2, 0) is 11.4 Å². The fraction of sp³-hybridized carbons (Fsp3) is 0.0435. The third-order valence-electron chi connectivity index (χ3n) is 4.35. The van der Waals surface area contributed by atoms with Crippen molar-refractivity contribution in [2.75, 3.05) is 4.90 Å². The van der Waals surface area contributed by atoms with E-state index in [4.69, 9.17) is 27.9 Å². The first-order valence-electron chi connectivity index (χ1n) is 9.01. The van der Waals surface area contributed by atoms with Crippen molar-refractivity contribution in [3.8, 4) is 5.75 Å². The molecule has 30 heavy (non-hydrogen) atoms. The highest BCUT2D eigenvalue weighted by Crippen LogP contribution is 2.37. The topological polar surface area (TPSA) is 46.6 Å². The van der Waals surface area contributed by atoms with Crippen LogP contribution in [0.3, 0.4) is 0 Å². The molecule has 0 radical (unpaired) electrons. The summed E-state index contributed by atoms with van der Waals surface area (Å²) in [5, 5.41) is 0.779. The molecule has 0 unspecified atom stereocenters. The molecular weight excluding hydrogens is 441 g/mol. The Morgan fingerprint density at radius 2 is 1.67 bits per heavy atom. The number of amides is 2. The summed E-state index contributed by atoms with van der Waals surface area (Å²) in [4.78, 5) is 26.8. The molecular formula is C23H15Cl2NO3S. The summed E-state index contributed by atoms with van der Waals surface area (Å²) in [7, 11) is 0. The van der Waals surface area contributed by atoms with Gasteiger partial charge in [-0.2, -0.15) is 0 Å². The van der Waals surface area contributed by atoms with Gasteiger partial charge in [0.15, 0.2) is 0 Å². The van der Waals surface area contributed by atoms with E-state index in [-0.39, 0.29) is 11.1 Å². The number of hydrogen-bond acceptors (Lipinski definition) is 4. The van der Waals surface area contributed by atoms with Crippen LogP contribution in [0, 0.1) is 0 Å². The first kappa shape index (κ1) is 20.5. The second-order valence-electron chi connectivity index (χ2n) is 6.45. The van der Waals surface area contributed by atoms with Crippen molar-refractivity contribution in [3.63, 3.8) is 0 Å². The molecule has 150 valence electrons. The molecule has 1 saturated heterocycles. The molecule has 0 aromatic heterocycles. The summed E-state index contributed by atoms with van der Waals surface area (Å²) in [6.07, 6.45) is 1.63. The van der Waals surface area contributed by atoms with Gasteiger partial charge in [-0.3, -0.25) is 9.59 Å². The molecule has 0 saturated carbocycles. The molecule has 3 aromatic rings. The fourth-order valence-electron chi connectivity index (χ4n) is 2.96. The zero-order chi connectivity index (χ0) is 21.1. The molecule has 1 fully saturated rings. The fourth-order valence-corrected chi connectivity index (χ4v) is 4.19. The third-order valence-corrected chi connectivity index (χ3v) is 5.69. The normalized spacial score (nSPS) is 15.1. The maximum atomic E-state index is 12.9. The lowest BCUT2D eigenvalue weighted by atomic mass is 10.1. The van der Waals surface area contributed by atoms with Gasteiger partial charge >= 0.3 is 0 Å². The van der Waals surface area contributed by atoms with Crippen molar-refractivity contribution in [2.45, 2.75) is 6.61 Å². The predicted molar refractivity (Wildman–Crippen MR) is 122 cm³/mol. The predicted octanol–water partition coefficient (Wildman–Crippen LogP) is 6.81. The Bertz CT molecular complexity index is 1150. The Balaban J connectivity index is 1.61. The second-order valence-corrected chi connectivity index (χ2v) is 8.32. The van der Waals surface area contributed by atoms with E-state index < -0.39 is 0 Å². The van der Waals surface area contributed by atoms with Crippen molar-refractivity contribution in [3.05, 3.63) is 98.9 Å². The summed E-state index contributed by atoms with van der Waals surface area (Å²) in [5.74, 6) is 0.169. The van der Waals surface area contributed by atoms with Crippen LogP contribution < -0.4 is 9.64 Å². The monoisotopic (exact) mass is 455 g/mol. The molecule has 1 heterocycles. The number of carbonyl (C=O) groups excluding carboxylic acids is 2. The smallest absolute Gasteiger partial charge is 0.298 e. The Morgan fingerprint density at radius 1 is 0.900 bits per heavy atom. The van der Waals surface area contributed by atoms with E-state index in [0.29, 0.717) is 38.6 Å². The lowest BCUT2D eigenvalue weighted by molar-refractivity contribution is -0.113. The zero-order valence-electron chi connectivity index (χ0n) is 15.5. The van der Waals surface area contributed by atoms with Gasteiger partial charge in [0, 0.05) is 15.6 Å². The van der Waals surface area contributed by atoms with Gasteiger partial charge in [-0.15, -0.1) is 0 Å². The number of halogens is 2. The minimum Gasteiger partial charge on any atom is -0.488 e. The summed E-state index contributed by atoms with van der Waals surface area (Å²) in [5.41, 5.74) is 2.06. The van der Waals surface area contributed by atoms with Gasteiger partial charge in [0.1, 0.15) is 12.4 Å². The Hall–Kier alpha value is -2.73. The number of ether oxygens (including phenoxy) is 1. The van der Waals surface area contributed by atoms with Gasteiger partial charge in [0.2, 0.25) is 0 Å². The van der Waals surface area contributed by atoms with Crippen LogP contribution in [0.2, 0.25) is 10.0 Å². The standard InChI is InChI=1S/C23H15Cl2NO3S/c24-17-6-4-5-15(11-17)14-29-20-10-9-18(25)12-16(20)13-21-22(27)26(23(28)30-21)19-7-2-1-3-8-19/h1-13H,14H2/b21-13-. The molecule has 0 atom stereocenters. The lowest BCUT2D eigenvalue weighted by Gasteiger charge is -2.12. The van der Waals surface area contributed by atoms with Gasteiger partial charge in [-0.05, 0) is 65.9 Å². The van der Waals surface area contributed by atoms with Crippen LogP contribution >= 0.6 is 35.0 Å². The summed E-state index contributed by atoms with van der Waals surface area (Å²) in [6.45, 7) is 0.300. The first-order valence-corrected chi connectivity index (χ1v) is 10.6. The molecule has 1 aliphatic heterocycles. The maximum Gasteiger partial charge on any atom is 0.298 e. The van der Waals surface area contributed by atoms with Crippen LogP contribution in [0.5, 0.6) is 5.75 Å². The highest BCUT2D eigenvalue weighted by Gasteiger charge is 2.36. The zero-order valence-corrected chi connectivity index (χ0v) is 17.9. The number of carbonyl (C=O) groups is 2. The first-order chi connectivity index (χ1) is 14.5. The van der Waals surface area contributed by atoms with Crippen molar-refractivity contribution in [1.82, 2.24) is 0 Å². The van der Waals surface area contributed by atoms with Gasteiger partial charge < -0.3 is 4.74 Å². The lowest BCUT2D eigenvalue weighted by Crippen LogP contribution is -2.27. The average Bonchev–Trinajstić information content (AvgIpc) is 3.01. The van der Waals surface area contributed by atoms with Crippen LogP contribution in [0.15, 0.2) is 77.7 Å². The van der Waals surface area contributed by atoms with Gasteiger partial charge in [-0.1, -0.05) is 53.5 Å². The molecule has 7 heteroatoms. The van der Waals surface area contributed by atoms with E-state index in [1.807, 2.05) is 24.3 Å². The van der Waals surface area contributed by atoms with Crippen molar-refractivity contribution in [1.29, 1.82) is 0 Å². The molecule has 4 nitrogen and oxygen atoms in total. The van der Waals surface area contributed by atoms with Gasteiger partial charge in [-0.25, -0.2) is 4.90 Å². The van der Waals surface area contributed by atoms with Crippen LogP contribution in [0.4, 0.5) is 10.5 Å². The SMILES string of the molecule is O=C1S/C(=C\c2cc(Cl)ccc2OCc2cccc(Cl)c2)C(=O)N1c1ccccc1. The van der Waals surface area contributed by atoms with E-state index in [2.05, 4.69) is 0 Å². The minimum absolute atomic E-state index is 0.300. The van der Waals surface area contributed by atoms with E-state index in [1.54, 1.807) is 54.6 Å². The number of imide groups is 1. The van der Waals surface area contributed by atoms with E-state index in [9.17, 15) is 9.59 Å². The molecule has 0 N–H and O–H groups in total. The van der Waals surface area contributed by atoms with E-state index >= 15 is 0 Å². The Morgan fingerprint density at radius 3 is 2.43 bits per heavy atom. The number of rotatable bonds is 5. The molecule has 0 bridgehead atoms. The number of hydrogen-bond donors (Lipinski definition) is 0.